The van der Waals surface area contributed by atoms with Crippen molar-refractivity contribution in [2.24, 2.45) is 0 Å². The van der Waals surface area contributed by atoms with Crippen LogP contribution in [0.1, 0.15) is 18.4 Å². The van der Waals surface area contributed by atoms with Gasteiger partial charge in [0.1, 0.15) is 0 Å². The van der Waals surface area contributed by atoms with Crippen molar-refractivity contribution in [1.82, 2.24) is 0 Å². The van der Waals surface area contributed by atoms with Gasteiger partial charge in [-0.2, -0.15) is 18.4 Å². The third-order valence-electron chi connectivity index (χ3n) is 2.12. The number of benzene rings is 1. The van der Waals surface area contributed by atoms with Crippen LogP contribution in [-0.4, -0.2) is 12.1 Å². The fourth-order valence-electron chi connectivity index (χ4n) is 1.13. The standard InChI is InChI=1S/C11H9F3N2O/c1-7(6-15)8-2-4-9(5-3-8)16-10(17)11(12,13)14/h2-5,7H,1H3,(H,16,17). The van der Waals surface area contributed by atoms with Gasteiger partial charge >= 0.3 is 12.1 Å². The molecule has 0 aliphatic carbocycles. The first-order valence-corrected chi connectivity index (χ1v) is 4.72. The van der Waals surface area contributed by atoms with Gasteiger partial charge in [-0.1, -0.05) is 12.1 Å². The SMILES string of the molecule is CC(C#N)c1ccc(NC(=O)C(F)(F)F)cc1. The number of nitrogens with one attached hydrogen (secondary N) is 1. The predicted molar refractivity (Wildman–Crippen MR) is 55.2 cm³/mol. The zero-order valence-electron chi connectivity index (χ0n) is 8.88. The Kier molecular flexibility index (Phi) is 3.73. The van der Waals surface area contributed by atoms with Gasteiger partial charge in [-0.05, 0) is 24.6 Å². The van der Waals surface area contributed by atoms with Gasteiger partial charge in [0.05, 0.1) is 12.0 Å². The number of halogens is 3. The molecule has 0 radical (unpaired) electrons. The predicted octanol–water partition coefficient (Wildman–Crippen LogP) is 2.81. The number of carbonyl (C=O) groups is 1. The third kappa shape index (κ3) is 3.48. The highest BCUT2D eigenvalue weighted by Gasteiger charge is 2.38. The molecule has 1 atom stereocenters. The average Bonchev–Trinajstić information content (AvgIpc) is 2.27. The summed E-state index contributed by atoms with van der Waals surface area (Å²) in [7, 11) is 0. The lowest BCUT2D eigenvalue weighted by Crippen LogP contribution is -2.29. The molecule has 1 unspecified atom stereocenters. The number of nitriles is 1. The van der Waals surface area contributed by atoms with Gasteiger partial charge in [0, 0.05) is 5.69 Å². The van der Waals surface area contributed by atoms with E-state index in [0.717, 1.165) is 0 Å². The normalized spacial score (nSPS) is 12.6. The molecule has 0 fully saturated rings. The van der Waals surface area contributed by atoms with Gasteiger partial charge in [-0.3, -0.25) is 4.79 Å². The summed E-state index contributed by atoms with van der Waals surface area (Å²) in [6, 6.07) is 7.65. The molecular formula is C11H9F3N2O. The van der Waals surface area contributed by atoms with Gasteiger partial charge < -0.3 is 5.32 Å². The Labute approximate surface area is 95.9 Å². The summed E-state index contributed by atoms with van der Waals surface area (Å²) >= 11 is 0. The number of hydrogen-bond donors (Lipinski definition) is 1. The zero-order chi connectivity index (χ0) is 13.1. The Morgan fingerprint density at radius 1 is 1.35 bits per heavy atom. The van der Waals surface area contributed by atoms with E-state index in [4.69, 9.17) is 5.26 Å². The molecule has 1 aromatic carbocycles. The van der Waals surface area contributed by atoms with Gasteiger partial charge in [0.25, 0.3) is 0 Å². The van der Waals surface area contributed by atoms with Crippen molar-refractivity contribution in [3.8, 4) is 6.07 Å². The molecule has 1 N–H and O–H groups in total. The van der Waals surface area contributed by atoms with Crippen LogP contribution in [0, 0.1) is 11.3 Å². The van der Waals surface area contributed by atoms with Gasteiger partial charge in [-0.15, -0.1) is 0 Å². The topological polar surface area (TPSA) is 52.9 Å². The van der Waals surface area contributed by atoms with E-state index >= 15 is 0 Å². The molecule has 0 saturated heterocycles. The van der Waals surface area contributed by atoms with Crippen molar-refractivity contribution in [3.63, 3.8) is 0 Å². The van der Waals surface area contributed by atoms with Crippen LogP contribution >= 0.6 is 0 Å². The molecule has 0 saturated carbocycles. The first kappa shape index (κ1) is 13.0. The second-order valence-corrected chi connectivity index (χ2v) is 3.42. The van der Waals surface area contributed by atoms with E-state index in [-0.39, 0.29) is 11.6 Å². The zero-order valence-corrected chi connectivity index (χ0v) is 8.88. The van der Waals surface area contributed by atoms with E-state index < -0.39 is 12.1 Å². The lowest BCUT2D eigenvalue weighted by Gasteiger charge is -2.09. The fraction of sp³-hybridized carbons (Fsp3) is 0.273. The van der Waals surface area contributed by atoms with Crippen LogP contribution in [0.5, 0.6) is 0 Å². The van der Waals surface area contributed by atoms with Crippen LogP contribution in [0.25, 0.3) is 0 Å². The van der Waals surface area contributed by atoms with Crippen LogP contribution < -0.4 is 5.32 Å². The van der Waals surface area contributed by atoms with E-state index in [2.05, 4.69) is 0 Å². The Morgan fingerprint density at radius 2 is 1.88 bits per heavy atom. The summed E-state index contributed by atoms with van der Waals surface area (Å²) in [5.74, 6) is -2.36. The Bertz CT molecular complexity index is 445. The van der Waals surface area contributed by atoms with Crippen molar-refractivity contribution in [1.29, 1.82) is 5.26 Å². The summed E-state index contributed by atoms with van der Waals surface area (Å²) in [5, 5.41) is 10.4. The minimum absolute atomic E-state index is 0.0428. The number of rotatable bonds is 2. The molecule has 1 amide bonds. The van der Waals surface area contributed by atoms with E-state index in [1.807, 2.05) is 6.07 Å². The molecule has 3 nitrogen and oxygen atoms in total. The third-order valence-corrected chi connectivity index (χ3v) is 2.12. The Balaban J connectivity index is 2.77. The maximum absolute atomic E-state index is 11.9. The van der Waals surface area contributed by atoms with Crippen molar-refractivity contribution in [2.75, 3.05) is 5.32 Å². The smallest absolute Gasteiger partial charge is 0.318 e. The first-order valence-electron chi connectivity index (χ1n) is 4.72. The lowest BCUT2D eigenvalue weighted by molar-refractivity contribution is -0.167. The molecule has 1 rings (SSSR count). The van der Waals surface area contributed by atoms with Gasteiger partial charge in [0.15, 0.2) is 0 Å². The minimum atomic E-state index is -4.90. The molecule has 90 valence electrons. The van der Waals surface area contributed by atoms with Crippen molar-refractivity contribution in [2.45, 2.75) is 19.0 Å². The molecule has 1 aromatic rings. The summed E-state index contributed by atoms with van der Waals surface area (Å²) in [6.45, 7) is 1.67. The number of carbonyl (C=O) groups excluding carboxylic acids is 1. The summed E-state index contributed by atoms with van der Waals surface area (Å²) < 4.78 is 35.8. The van der Waals surface area contributed by atoms with E-state index in [1.165, 1.54) is 24.3 Å². The average molecular weight is 242 g/mol. The molecule has 0 bridgehead atoms. The molecule has 0 aliphatic rings. The van der Waals surface area contributed by atoms with Crippen LogP contribution in [0.4, 0.5) is 18.9 Å². The van der Waals surface area contributed by atoms with E-state index in [0.29, 0.717) is 5.56 Å². The van der Waals surface area contributed by atoms with E-state index in [9.17, 15) is 18.0 Å². The Morgan fingerprint density at radius 3 is 2.29 bits per heavy atom. The lowest BCUT2D eigenvalue weighted by atomic mass is 10.0. The van der Waals surface area contributed by atoms with Crippen LogP contribution in [0.2, 0.25) is 0 Å². The number of nitrogens with zero attached hydrogens (tertiary/aromatic N) is 1. The molecule has 0 spiro atoms. The number of hydrogen-bond acceptors (Lipinski definition) is 2. The van der Waals surface area contributed by atoms with Crippen LogP contribution in [0.15, 0.2) is 24.3 Å². The highest BCUT2D eigenvalue weighted by molar-refractivity contribution is 5.94. The van der Waals surface area contributed by atoms with Gasteiger partial charge in [-0.25, -0.2) is 0 Å². The maximum Gasteiger partial charge on any atom is 0.471 e. The highest BCUT2D eigenvalue weighted by Crippen LogP contribution is 2.20. The number of alkyl halides is 3. The molecule has 6 heteroatoms. The van der Waals surface area contributed by atoms with Crippen molar-refractivity contribution < 1.29 is 18.0 Å². The molecule has 0 heterocycles. The summed E-state index contributed by atoms with van der Waals surface area (Å²) in [4.78, 5) is 10.6. The molecular weight excluding hydrogens is 233 g/mol. The fourth-order valence-corrected chi connectivity index (χ4v) is 1.13. The summed E-state index contributed by atoms with van der Waals surface area (Å²) in [6.07, 6.45) is -4.90. The first-order chi connectivity index (χ1) is 7.84. The molecule has 0 aromatic heterocycles. The van der Waals surface area contributed by atoms with Crippen LogP contribution in [0.3, 0.4) is 0 Å². The van der Waals surface area contributed by atoms with E-state index in [1.54, 1.807) is 12.2 Å². The second kappa shape index (κ2) is 4.87. The second-order valence-electron chi connectivity index (χ2n) is 3.42. The highest BCUT2D eigenvalue weighted by atomic mass is 19.4. The van der Waals surface area contributed by atoms with Crippen LogP contribution in [-0.2, 0) is 4.79 Å². The number of anilines is 1. The number of amides is 1. The van der Waals surface area contributed by atoms with Crippen molar-refractivity contribution in [3.05, 3.63) is 29.8 Å². The Hall–Kier alpha value is -2.03. The minimum Gasteiger partial charge on any atom is -0.318 e. The maximum atomic E-state index is 11.9. The quantitative estimate of drug-likeness (QED) is 0.866. The molecule has 17 heavy (non-hydrogen) atoms. The molecule has 0 aliphatic heterocycles. The largest absolute Gasteiger partial charge is 0.471 e. The summed E-state index contributed by atoms with van der Waals surface area (Å²) in [5.41, 5.74) is 0.721. The van der Waals surface area contributed by atoms with Crippen molar-refractivity contribution >= 4 is 11.6 Å². The monoisotopic (exact) mass is 242 g/mol. The van der Waals surface area contributed by atoms with Gasteiger partial charge in [0.2, 0.25) is 0 Å².